The number of aromatic nitrogens is 3. The SMILES string of the molecule is Cc1nnc(-c2ccc(Cl)cc2)nc1C1(c2ccc(Cl)cc2)CCC1. The van der Waals surface area contributed by atoms with Gasteiger partial charge in [-0.2, -0.15) is 5.10 Å². The molecule has 0 bridgehead atoms. The molecule has 0 N–H and O–H groups in total. The summed E-state index contributed by atoms with van der Waals surface area (Å²) < 4.78 is 0. The van der Waals surface area contributed by atoms with Gasteiger partial charge in [0.05, 0.1) is 11.4 Å². The molecule has 3 aromatic rings. The maximum absolute atomic E-state index is 6.07. The van der Waals surface area contributed by atoms with Crippen LogP contribution in [0.25, 0.3) is 11.4 Å². The second kappa shape index (κ2) is 6.40. The molecule has 0 spiro atoms. The average Bonchev–Trinajstić information content (AvgIpc) is 2.58. The first-order valence-corrected chi connectivity index (χ1v) is 9.08. The van der Waals surface area contributed by atoms with Crippen LogP contribution in [0.15, 0.2) is 48.5 Å². The van der Waals surface area contributed by atoms with Crippen LogP contribution in [-0.2, 0) is 5.41 Å². The lowest BCUT2D eigenvalue weighted by molar-refractivity contribution is 0.290. The molecule has 0 aliphatic heterocycles. The van der Waals surface area contributed by atoms with E-state index in [0.717, 1.165) is 34.8 Å². The lowest BCUT2D eigenvalue weighted by Gasteiger charge is -2.42. The van der Waals surface area contributed by atoms with Gasteiger partial charge >= 0.3 is 0 Å². The molecule has 0 saturated heterocycles. The first-order valence-electron chi connectivity index (χ1n) is 8.32. The molecular formula is C20H17Cl2N3. The molecular weight excluding hydrogens is 353 g/mol. The molecule has 5 heteroatoms. The summed E-state index contributed by atoms with van der Waals surface area (Å²) in [5.41, 5.74) is 3.97. The number of benzene rings is 2. The number of halogens is 2. The molecule has 3 nitrogen and oxygen atoms in total. The Bertz CT molecular complexity index is 901. The van der Waals surface area contributed by atoms with Gasteiger partial charge in [-0.15, -0.1) is 5.10 Å². The van der Waals surface area contributed by atoms with Crippen molar-refractivity contribution in [1.82, 2.24) is 15.2 Å². The van der Waals surface area contributed by atoms with Crippen LogP contribution in [0.1, 0.15) is 36.2 Å². The van der Waals surface area contributed by atoms with E-state index in [1.54, 1.807) is 0 Å². The van der Waals surface area contributed by atoms with Crippen molar-refractivity contribution in [2.75, 3.05) is 0 Å². The van der Waals surface area contributed by atoms with Gasteiger partial charge in [0.25, 0.3) is 0 Å². The maximum Gasteiger partial charge on any atom is 0.182 e. The molecule has 0 amide bonds. The second-order valence-electron chi connectivity index (χ2n) is 6.52. The van der Waals surface area contributed by atoms with E-state index in [4.69, 9.17) is 28.2 Å². The Kier molecular flexibility index (Phi) is 4.22. The van der Waals surface area contributed by atoms with E-state index in [1.807, 2.05) is 43.3 Å². The van der Waals surface area contributed by atoms with Crippen LogP contribution in [0.2, 0.25) is 10.0 Å². The van der Waals surface area contributed by atoms with Crippen LogP contribution in [0.5, 0.6) is 0 Å². The summed E-state index contributed by atoms with van der Waals surface area (Å²) in [6.45, 7) is 1.98. The highest BCUT2D eigenvalue weighted by molar-refractivity contribution is 6.30. The van der Waals surface area contributed by atoms with E-state index < -0.39 is 0 Å². The maximum atomic E-state index is 6.07. The Morgan fingerprint density at radius 2 is 1.44 bits per heavy atom. The zero-order valence-electron chi connectivity index (χ0n) is 13.8. The van der Waals surface area contributed by atoms with Crippen LogP contribution in [-0.4, -0.2) is 15.2 Å². The molecule has 2 aromatic carbocycles. The molecule has 0 radical (unpaired) electrons. The fraction of sp³-hybridized carbons (Fsp3) is 0.250. The van der Waals surface area contributed by atoms with E-state index in [9.17, 15) is 0 Å². The van der Waals surface area contributed by atoms with Crippen LogP contribution >= 0.6 is 23.2 Å². The summed E-state index contributed by atoms with van der Waals surface area (Å²) in [6, 6.07) is 15.6. The highest BCUT2D eigenvalue weighted by Gasteiger charge is 2.43. The van der Waals surface area contributed by atoms with Crippen molar-refractivity contribution in [2.45, 2.75) is 31.6 Å². The fourth-order valence-electron chi connectivity index (χ4n) is 3.51. The first kappa shape index (κ1) is 16.5. The Balaban J connectivity index is 1.82. The third-order valence-electron chi connectivity index (χ3n) is 5.01. The molecule has 1 aliphatic carbocycles. The van der Waals surface area contributed by atoms with Gasteiger partial charge in [-0.05, 0) is 61.7 Å². The molecule has 1 aliphatic rings. The number of nitrogens with zero attached hydrogens (tertiary/aromatic N) is 3. The Morgan fingerprint density at radius 3 is 2.00 bits per heavy atom. The Morgan fingerprint density at radius 1 is 0.840 bits per heavy atom. The standard InChI is InChI=1S/C20H17Cl2N3/c1-13-18(20(11-2-12-20)15-5-9-17(22)10-6-15)23-19(25-24-13)14-3-7-16(21)8-4-14/h3-10H,2,11-12H2,1H3. The highest BCUT2D eigenvalue weighted by atomic mass is 35.5. The van der Waals surface area contributed by atoms with Crippen molar-refractivity contribution in [3.8, 4) is 11.4 Å². The minimum atomic E-state index is -0.0915. The predicted octanol–water partition coefficient (Wildman–Crippen LogP) is 5.62. The number of hydrogen-bond acceptors (Lipinski definition) is 3. The topological polar surface area (TPSA) is 38.7 Å². The smallest absolute Gasteiger partial charge is 0.182 e. The van der Waals surface area contributed by atoms with Gasteiger partial charge in [0.15, 0.2) is 5.82 Å². The minimum absolute atomic E-state index is 0.0915. The van der Waals surface area contributed by atoms with Gasteiger partial charge in [0, 0.05) is 21.0 Å². The molecule has 1 aromatic heterocycles. The summed E-state index contributed by atoms with van der Waals surface area (Å²) in [5.74, 6) is 0.637. The molecule has 126 valence electrons. The zero-order valence-corrected chi connectivity index (χ0v) is 15.3. The number of hydrogen-bond donors (Lipinski definition) is 0. The van der Waals surface area contributed by atoms with Gasteiger partial charge in [-0.1, -0.05) is 41.8 Å². The fourth-order valence-corrected chi connectivity index (χ4v) is 3.77. The van der Waals surface area contributed by atoms with Gasteiger partial charge in [0.2, 0.25) is 0 Å². The van der Waals surface area contributed by atoms with E-state index in [0.29, 0.717) is 10.8 Å². The van der Waals surface area contributed by atoms with E-state index in [1.165, 1.54) is 12.0 Å². The largest absolute Gasteiger partial charge is 0.229 e. The minimum Gasteiger partial charge on any atom is -0.229 e. The van der Waals surface area contributed by atoms with Gasteiger partial charge in [0.1, 0.15) is 0 Å². The van der Waals surface area contributed by atoms with Crippen LogP contribution in [0.3, 0.4) is 0 Å². The third-order valence-corrected chi connectivity index (χ3v) is 5.52. The van der Waals surface area contributed by atoms with Crippen molar-refractivity contribution in [3.05, 3.63) is 75.5 Å². The van der Waals surface area contributed by atoms with E-state index in [2.05, 4.69) is 22.3 Å². The van der Waals surface area contributed by atoms with Crippen LogP contribution in [0.4, 0.5) is 0 Å². The van der Waals surface area contributed by atoms with Gasteiger partial charge < -0.3 is 0 Å². The molecule has 1 saturated carbocycles. The second-order valence-corrected chi connectivity index (χ2v) is 7.39. The summed E-state index contributed by atoms with van der Waals surface area (Å²) in [6.07, 6.45) is 3.31. The predicted molar refractivity (Wildman–Crippen MR) is 101 cm³/mol. The normalized spacial score (nSPS) is 15.6. The number of aryl methyl sites for hydroxylation is 1. The molecule has 1 fully saturated rings. The summed E-state index contributed by atoms with van der Waals surface area (Å²) in [5, 5.41) is 10.1. The van der Waals surface area contributed by atoms with Crippen molar-refractivity contribution in [1.29, 1.82) is 0 Å². The van der Waals surface area contributed by atoms with Gasteiger partial charge in [-0.3, -0.25) is 0 Å². The lowest BCUT2D eigenvalue weighted by atomic mass is 9.62. The monoisotopic (exact) mass is 369 g/mol. The van der Waals surface area contributed by atoms with E-state index in [-0.39, 0.29) is 5.41 Å². The zero-order chi connectivity index (χ0) is 17.4. The highest BCUT2D eigenvalue weighted by Crippen LogP contribution is 2.49. The van der Waals surface area contributed by atoms with Crippen molar-refractivity contribution >= 4 is 23.2 Å². The van der Waals surface area contributed by atoms with Crippen molar-refractivity contribution < 1.29 is 0 Å². The lowest BCUT2D eigenvalue weighted by Crippen LogP contribution is -2.37. The average molecular weight is 370 g/mol. The molecule has 1 heterocycles. The van der Waals surface area contributed by atoms with Crippen LogP contribution < -0.4 is 0 Å². The van der Waals surface area contributed by atoms with E-state index >= 15 is 0 Å². The molecule has 4 rings (SSSR count). The Labute approximate surface area is 157 Å². The summed E-state index contributed by atoms with van der Waals surface area (Å²) in [7, 11) is 0. The first-order chi connectivity index (χ1) is 12.1. The number of rotatable bonds is 3. The Hall–Kier alpha value is -1.97. The van der Waals surface area contributed by atoms with Crippen LogP contribution in [0, 0.1) is 6.92 Å². The van der Waals surface area contributed by atoms with Crippen molar-refractivity contribution in [2.24, 2.45) is 0 Å². The van der Waals surface area contributed by atoms with Gasteiger partial charge in [-0.25, -0.2) is 4.98 Å². The summed E-state index contributed by atoms with van der Waals surface area (Å²) in [4.78, 5) is 4.92. The molecule has 0 atom stereocenters. The van der Waals surface area contributed by atoms with Crippen molar-refractivity contribution in [3.63, 3.8) is 0 Å². The third kappa shape index (κ3) is 2.92. The summed E-state index contributed by atoms with van der Waals surface area (Å²) >= 11 is 12.1. The quantitative estimate of drug-likeness (QED) is 0.600. The molecule has 0 unspecified atom stereocenters. The molecule has 25 heavy (non-hydrogen) atoms.